The first-order chi connectivity index (χ1) is 6.47. The van der Waals surface area contributed by atoms with Crippen LogP contribution in [0.15, 0.2) is 33.4 Å². The van der Waals surface area contributed by atoms with Crippen molar-refractivity contribution in [3.8, 4) is 0 Å². The first-order valence-electron chi connectivity index (χ1n) is 3.24. The van der Waals surface area contributed by atoms with Crippen molar-refractivity contribution in [1.29, 1.82) is 0 Å². The minimum absolute atomic E-state index is 0.141. The van der Waals surface area contributed by atoms with Gasteiger partial charge in [0, 0.05) is 0 Å². The summed E-state index contributed by atoms with van der Waals surface area (Å²) >= 11 is 1.19. The third-order valence-electron chi connectivity index (χ3n) is 1.37. The van der Waals surface area contributed by atoms with Crippen LogP contribution in [0.1, 0.15) is 0 Å². The average molecular weight is 326 g/mol. The fourth-order valence-corrected chi connectivity index (χ4v) is 2.10. The molecule has 0 bridgehead atoms. The maximum absolute atomic E-state index is 11.1. The summed E-state index contributed by atoms with van der Waals surface area (Å²) < 4.78 is 22.1. The molecule has 0 atom stereocenters. The van der Waals surface area contributed by atoms with Crippen LogP contribution in [0, 0.1) is 9.81 Å². The molecule has 14 heavy (non-hydrogen) atoms. The van der Waals surface area contributed by atoms with Crippen LogP contribution < -0.4 is 0 Å². The largest absolute Gasteiger partial charge is 0.231 e. The molecule has 0 N–H and O–H groups in total. The van der Waals surface area contributed by atoms with E-state index in [1.54, 1.807) is 0 Å². The molecule has 0 spiro atoms. The van der Waals surface area contributed by atoms with Crippen molar-refractivity contribution in [3.05, 3.63) is 28.0 Å². The Hall–Kier alpha value is -0.900. The normalized spacial score (nSPS) is 10.9. The zero-order valence-electron chi connectivity index (χ0n) is 6.55. The molecule has 0 amide bonds. The molecule has 0 unspecified atom stereocenters. The van der Waals surface area contributed by atoms with Crippen molar-refractivity contribution >= 4 is 39.6 Å². The molecular formula is C6H3IN2O4S. The van der Waals surface area contributed by atoms with Crippen molar-refractivity contribution in [2.24, 2.45) is 10.4 Å². The predicted octanol–water partition coefficient (Wildman–Crippen LogP) is 2.61. The lowest BCUT2D eigenvalue weighted by Gasteiger charge is -1.97. The fraction of sp³-hybridized carbons (Fsp3) is 0. The van der Waals surface area contributed by atoms with E-state index < -0.39 is 7.01 Å². The molecule has 1 rings (SSSR count). The molecule has 0 aromatic heterocycles. The van der Waals surface area contributed by atoms with E-state index in [0.29, 0.717) is 0 Å². The Morgan fingerprint density at radius 2 is 1.43 bits per heavy atom. The SMILES string of the molecule is O=Nc1cc(N=O)cc(S(=O)(=O)I)c1. The highest BCUT2D eigenvalue weighted by Crippen LogP contribution is 2.28. The Morgan fingerprint density at radius 1 is 1.00 bits per heavy atom. The monoisotopic (exact) mass is 326 g/mol. The van der Waals surface area contributed by atoms with Crippen molar-refractivity contribution in [2.75, 3.05) is 0 Å². The standard InChI is InChI=1S/C6H3IN2O4S/c7-14(12,13)6-2-4(8-10)1-5(3-6)9-11/h1-3H. The van der Waals surface area contributed by atoms with Gasteiger partial charge in [-0.2, -0.15) is 0 Å². The molecule has 0 saturated carbocycles. The summed E-state index contributed by atoms with van der Waals surface area (Å²) in [6.07, 6.45) is 0. The summed E-state index contributed by atoms with van der Waals surface area (Å²) in [6.45, 7) is 0. The number of hydrogen-bond acceptors (Lipinski definition) is 6. The van der Waals surface area contributed by atoms with Gasteiger partial charge in [0.1, 0.15) is 11.4 Å². The highest BCUT2D eigenvalue weighted by Gasteiger charge is 2.12. The highest BCUT2D eigenvalue weighted by atomic mass is 127. The molecule has 0 aliphatic carbocycles. The van der Waals surface area contributed by atoms with Gasteiger partial charge in [-0.25, -0.2) is 8.42 Å². The molecule has 0 fully saturated rings. The summed E-state index contributed by atoms with van der Waals surface area (Å²) in [5, 5.41) is 5.07. The van der Waals surface area contributed by atoms with Gasteiger partial charge in [0.05, 0.1) is 26.1 Å². The molecule has 0 aliphatic rings. The zero-order valence-corrected chi connectivity index (χ0v) is 9.52. The number of benzene rings is 1. The van der Waals surface area contributed by atoms with Gasteiger partial charge in [0.2, 0.25) is 7.01 Å². The highest BCUT2D eigenvalue weighted by molar-refractivity contribution is 14.2. The van der Waals surface area contributed by atoms with E-state index in [0.717, 1.165) is 18.2 Å². The molecule has 0 aliphatic heterocycles. The van der Waals surface area contributed by atoms with Crippen molar-refractivity contribution in [3.63, 3.8) is 0 Å². The molecule has 1 aromatic rings. The van der Waals surface area contributed by atoms with Gasteiger partial charge >= 0.3 is 0 Å². The maximum Gasteiger partial charge on any atom is 0.231 e. The van der Waals surface area contributed by atoms with Crippen LogP contribution in [-0.4, -0.2) is 8.42 Å². The van der Waals surface area contributed by atoms with E-state index >= 15 is 0 Å². The van der Waals surface area contributed by atoms with Gasteiger partial charge in [-0.1, -0.05) is 0 Å². The molecule has 0 heterocycles. The van der Waals surface area contributed by atoms with Crippen molar-refractivity contribution in [1.82, 2.24) is 0 Å². The number of halogens is 1. The Labute approximate surface area is 91.2 Å². The molecule has 1 aromatic carbocycles. The minimum Gasteiger partial charge on any atom is -0.213 e. The van der Waals surface area contributed by atoms with Crippen molar-refractivity contribution < 1.29 is 8.42 Å². The van der Waals surface area contributed by atoms with Crippen LogP contribution >= 0.6 is 21.2 Å². The summed E-state index contributed by atoms with van der Waals surface area (Å²) in [5.74, 6) is 0. The minimum atomic E-state index is -3.50. The van der Waals surface area contributed by atoms with Crippen LogP contribution in [0.4, 0.5) is 11.4 Å². The summed E-state index contributed by atoms with van der Waals surface area (Å²) in [6, 6.07) is 3.25. The van der Waals surface area contributed by atoms with E-state index in [1.807, 2.05) is 0 Å². The summed E-state index contributed by atoms with van der Waals surface area (Å²) in [4.78, 5) is 20.2. The maximum atomic E-state index is 11.1. The first kappa shape index (κ1) is 11.2. The lowest BCUT2D eigenvalue weighted by Crippen LogP contribution is -1.88. The lowest BCUT2D eigenvalue weighted by molar-refractivity contribution is 0.612. The topological polar surface area (TPSA) is 93.0 Å². The van der Waals surface area contributed by atoms with Crippen LogP contribution in [0.3, 0.4) is 0 Å². The van der Waals surface area contributed by atoms with Crippen LogP contribution in [0.25, 0.3) is 0 Å². The number of hydrogen-bond donors (Lipinski definition) is 0. The van der Waals surface area contributed by atoms with E-state index in [9.17, 15) is 18.2 Å². The molecule has 74 valence electrons. The van der Waals surface area contributed by atoms with Crippen LogP contribution in [-0.2, 0) is 7.01 Å². The second-order valence-corrected chi connectivity index (χ2v) is 7.13. The predicted molar refractivity (Wildman–Crippen MR) is 58.6 cm³/mol. The second kappa shape index (κ2) is 4.09. The van der Waals surface area contributed by atoms with Gasteiger partial charge in [-0.05, 0) is 28.6 Å². The van der Waals surface area contributed by atoms with Gasteiger partial charge in [-0.15, -0.1) is 9.81 Å². The zero-order chi connectivity index (χ0) is 10.8. The van der Waals surface area contributed by atoms with E-state index in [4.69, 9.17) is 0 Å². The summed E-state index contributed by atoms with van der Waals surface area (Å²) in [7, 11) is -3.50. The number of nitroso groups, excluding NO2 is 2. The first-order valence-corrected chi connectivity index (χ1v) is 7.26. The average Bonchev–Trinajstić information content (AvgIpc) is 2.15. The third kappa shape index (κ3) is 2.54. The Balaban J connectivity index is 3.46. The molecule has 0 saturated heterocycles. The summed E-state index contributed by atoms with van der Waals surface area (Å²) in [5.41, 5.74) is -0.283. The fourth-order valence-electron chi connectivity index (χ4n) is 0.814. The van der Waals surface area contributed by atoms with Crippen LogP contribution in [0.5, 0.6) is 0 Å². The molecule has 8 heteroatoms. The number of nitrogens with zero attached hydrogens (tertiary/aromatic N) is 2. The van der Waals surface area contributed by atoms with Gasteiger partial charge in [0.15, 0.2) is 0 Å². The molecule has 0 radical (unpaired) electrons. The van der Waals surface area contributed by atoms with E-state index in [2.05, 4.69) is 10.4 Å². The van der Waals surface area contributed by atoms with Crippen LogP contribution in [0.2, 0.25) is 0 Å². The van der Waals surface area contributed by atoms with E-state index in [1.165, 1.54) is 21.2 Å². The Morgan fingerprint density at radius 3 is 1.71 bits per heavy atom. The smallest absolute Gasteiger partial charge is 0.213 e. The third-order valence-corrected chi connectivity index (χ3v) is 3.69. The van der Waals surface area contributed by atoms with E-state index in [-0.39, 0.29) is 16.3 Å². The van der Waals surface area contributed by atoms with Crippen molar-refractivity contribution in [2.45, 2.75) is 4.90 Å². The Bertz CT molecular complexity index is 458. The van der Waals surface area contributed by atoms with Gasteiger partial charge in [-0.3, -0.25) is 0 Å². The quantitative estimate of drug-likeness (QED) is 0.485. The second-order valence-electron chi connectivity index (χ2n) is 2.31. The molecular weight excluding hydrogens is 323 g/mol. The Kier molecular flexibility index (Phi) is 3.26. The van der Waals surface area contributed by atoms with Gasteiger partial charge < -0.3 is 0 Å². The number of rotatable bonds is 3. The molecule has 6 nitrogen and oxygen atoms in total. The lowest BCUT2D eigenvalue weighted by atomic mass is 10.3. The van der Waals surface area contributed by atoms with Gasteiger partial charge in [0.25, 0.3) is 0 Å².